The molecule has 1 fully saturated rings. The van der Waals surface area contributed by atoms with E-state index in [2.05, 4.69) is 18.0 Å². The first-order valence-corrected chi connectivity index (χ1v) is 4.80. The summed E-state index contributed by atoms with van der Waals surface area (Å²) in [4.78, 5) is 4.50. The predicted molar refractivity (Wildman–Crippen MR) is 48.1 cm³/mol. The summed E-state index contributed by atoms with van der Waals surface area (Å²) in [6.45, 7) is 2.14. The molecule has 1 heteroatoms. The number of rotatable bonds is 0. The molecule has 0 saturated heterocycles. The van der Waals surface area contributed by atoms with Gasteiger partial charge in [0.2, 0.25) is 0 Å². The molecule has 2 atom stereocenters. The zero-order valence-corrected chi connectivity index (χ0v) is 7.38. The molecular weight excluding hydrogens is 146 g/mol. The van der Waals surface area contributed by atoms with Crippen LogP contribution in [0.5, 0.6) is 0 Å². The molecule has 1 nitrogen and oxygen atoms in total. The van der Waals surface area contributed by atoms with Crippen LogP contribution in [0.15, 0.2) is 12.3 Å². The van der Waals surface area contributed by atoms with Crippen molar-refractivity contribution in [3.8, 4) is 0 Å². The molecular formula is C11H13N. The second-order valence-electron chi connectivity index (χ2n) is 4.19. The number of fused-ring (bicyclic) bond motifs is 3. The summed E-state index contributed by atoms with van der Waals surface area (Å²) in [5.41, 5.74) is 4.26. The third kappa shape index (κ3) is 0.825. The first kappa shape index (κ1) is 6.64. The minimum atomic E-state index is 0.890. The standard InChI is InChI=1S/C11H13N/c1-7-4-10-9-5-8(9)2-3-11(10)12-6-7/h4,6,8-9H,2-3,5H2,1H3. The van der Waals surface area contributed by atoms with Crippen molar-refractivity contribution in [1.82, 2.24) is 4.98 Å². The molecule has 0 aliphatic heterocycles. The van der Waals surface area contributed by atoms with Gasteiger partial charge in [-0.25, -0.2) is 0 Å². The number of hydrogen-bond donors (Lipinski definition) is 0. The minimum Gasteiger partial charge on any atom is -0.261 e. The van der Waals surface area contributed by atoms with E-state index >= 15 is 0 Å². The van der Waals surface area contributed by atoms with Gasteiger partial charge in [-0.2, -0.15) is 0 Å². The highest BCUT2D eigenvalue weighted by Gasteiger charge is 2.42. The van der Waals surface area contributed by atoms with E-state index in [0.29, 0.717) is 0 Å². The van der Waals surface area contributed by atoms with Gasteiger partial charge in [-0.05, 0) is 49.1 Å². The molecule has 0 spiro atoms. The van der Waals surface area contributed by atoms with Crippen LogP contribution in [0.3, 0.4) is 0 Å². The molecule has 0 N–H and O–H groups in total. The zero-order valence-electron chi connectivity index (χ0n) is 7.38. The molecule has 2 unspecified atom stereocenters. The lowest BCUT2D eigenvalue weighted by molar-refractivity contribution is 0.651. The van der Waals surface area contributed by atoms with Gasteiger partial charge in [0, 0.05) is 11.9 Å². The van der Waals surface area contributed by atoms with E-state index in [-0.39, 0.29) is 0 Å². The van der Waals surface area contributed by atoms with Gasteiger partial charge in [0.1, 0.15) is 0 Å². The Morgan fingerprint density at radius 1 is 1.50 bits per heavy atom. The Hall–Kier alpha value is -0.850. The van der Waals surface area contributed by atoms with E-state index in [1.54, 1.807) is 5.56 Å². The van der Waals surface area contributed by atoms with Crippen LogP contribution in [0.1, 0.15) is 35.6 Å². The van der Waals surface area contributed by atoms with Crippen molar-refractivity contribution in [2.45, 2.75) is 32.1 Å². The summed E-state index contributed by atoms with van der Waals surface area (Å²) >= 11 is 0. The van der Waals surface area contributed by atoms with Crippen molar-refractivity contribution in [2.75, 3.05) is 0 Å². The van der Waals surface area contributed by atoms with Crippen LogP contribution < -0.4 is 0 Å². The lowest BCUT2D eigenvalue weighted by Crippen LogP contribution is -2.04. The molecule has 1 aromatic heterocycles. The third-order valence-corrected chi connectivity index (χ3v) is 3.21. The molecule has 1 saturated carbocycles. The summed E-state index contributed by atoms with van der Waals surface area (Å²) in [5.74, 6) is 1.90. The normalized spacial score (nSPS) is 30.8. The summed E-state index contributed by atoms with van der Waals surface area (Å²) in [6, 6.07) is 2.34. The van der Waals surface area contributed by atoms with Crippen LogP contribution in [0.25, 0.3) is 0 Å². The number of aromatic nitrogens is 1. The number of pyridine rings is 1. The molecule has 62 valence electrons. The average Bonchev–Trinajstić information content (AvgIpc) is 2.82. The van der Waals surface area contributed by atoms with Gasteiger partial charge in [-0.1, -0.05) is 6.07 Å². The van der Waals surface area contributed by atoms with E-state index in [4.69, 9.17) is 0 Å². The Bertz CT molecular complexity index is 330. The van der Waals surface area contributed by atoms with Gasteiger partial charge < -0.3 is 0 Å². The SMILES string of the molecule is Cc1cnc2c(c1)C1CC1CC2. The Labute approximate surface area is 72.8 Å². The average molecular weight is 159 g/mol. The molecule has 3 rings (SSSR count). The van der Waals surface area contributed by atoms with E-state index in [0.717, 1.165) is 11.8 Å². The quantitative estimate of drug-likeness (QED) is 0.566. The Kier molecular flexibility index (Phi) is 1.16. The number of nitrogens with zero attached hydrogens (tertiary/aromatic N) is 1. The van der Waals surface area contributed by atoms with Gasteiger partial charge in [-0.15, -0.1) is 0 Å². The molecule has 0 aromatic carbocycles. The van der Waals surface area contributed by atoms with Crippen LogP contribution in [-0.2, 0) is 6.42 Å². The van der Waals surface area contributed by atoms with E-state index in [9.17, 15) is 0 Å². The monoisotopic (exact) mass is 159 g/mol. The Balaban J connectivity index is 2.14. The van der Waals surface area contributed by atoms with Crippen LogP contribution in [0.2, 0.25) is 0 Å². The second kappa shape index (κ2) is 2.09. The molecule has 2 aliphatic rings. The smallest absolute Gasteiger partial charge is 0.0438 e. The highest BCUT2D eigenvalue weighted by atomic mass is 14.7. The van der Waals surface area contributed by atoms with Gasteiger partial charge >= 0.3 is 0 Å². The fraction of sp³-hybridized carbons (Fsp3) is 0.545. The maximum absolute atomic E-state index is 4.50. The Morgan fingerprint density at radius 3 is 3.33 bits per heavy atom. The van der Waals surface area contributed by atoms with Crippen LogP contribution in [-0.4, -0.2) is 4.98 Å². The fourth-order valence-corrected chi connectivity index (χ4v) is 2.42. The molecule has 0 amide bonds. The highest BCUT2D eigenvalue weighted by molar-refractivity contribution is 5.35. The van der Waals surface area contributed by atoms with E-state index < -0.39 is 0 Å². The lowest BCUT2D eigenvalue weighted by Gasteiger charge is -2.13. The first-order valence-electron chi connectivity index (χ1n) is 4.80. The van der Waals surface area contributed by atoms with Crippen molar-refractivity contribution < 1.29 is 0 Å². The lowest BCUT2D eigenvalue weighted by atomic mass is 9.95. The predicted octanol–water partition coefficient (Wildman–Crippen LogP) is 2.44. The topological polar surface area (TPSA) is 12.9 Å². The summed E-state index contributed by atoms with van der Waals surface area (Å²) in [6.07, 6.45) is 6.03. The zero-order chi connectivity index (χ0) is 8.13. The summed E-state index contributed by atoms with van der Waals surface area (Å²) in [7, 11) is 0. The third-order valence-electron chi connectivity index (χ3n) is 3.21. The highest BCUT2D eigenvalue weighted by Crippen LogP contribution is 2.53. The van der Waals surface area contributed by atoms with Crippen molar-refractivity contribution >= 4 is 0 Å². The van der Waals surface area contributed by atoms with E-state index in [1.807, 2.05) is 6.20 Å². The van der Waals surface area contributed by atoms with Crippen LogP contribution >= 0.6 is 0 Å². The van der Waals surface area contributed by atoms with Gasteiger partial charge in [0.15, 0.2) is 0 Å². The Morgan fingerprint density at radius 2 is 2.42 bits per heavy atom. The molecule has 12 heavy (non-hydrogen) atoms. The van der Waals surface area contributed by atoms with Crippen molar-refractivity contribution in [3.63, 3.8) is 0 Å². The van der Waals surface area contributed by atoms with Gasteiger partial charge in [-0.3, -0.25) is 4.98 Å². The maximum atomic E-state index is 4.50. The first-order chi connectivity index (χ1) is 5.84. The van der Waals surface area contributed by atoms with Crippen LogP contribution in [0, 0.1) is 12.8 Å². The molecule has 2 aliphatic carbocycles. The largest absolute Gasteiger partial charge is 0.261 e. The van der Waals surface area contributed by atoms with Crippen molar-refractivity contribution in [3.05, 3.63) is 29.1 Å². The minimum absolute atomic E-state index is 0.890. The van der Waals surface area contributed by atoms with Gasteiger partial charge in [0.05, 0.1) is 0 Å². The number of aryl methyl sites for hydroxylation is 2. The second-order valence-corrected chi connectivity index (χ2v) is 4.19. The molecule has 0 radical (unpaired) electrons. The van der Waals surface area contributed by atoms with Crippen molar-refractivity contribution in [1.29, 1.82) is 0 Å². The molecule has 1 aromatic rings. The fourth-order valence-electron chi connectivity index (χ4n) is 2.42. The van der Waals surface area contributed by atoms with Crippen molar-refractivity contribution in [2.24, 2.45) is 5.92 Å². The van der Waals surface area contributed by atoms with E-state index in [1.165, 1.54) is 30.5 Å². The number of hydrogen-bond acceptors (Lipinski definition) is 1. The summed E-state index contributed by atoms with van der Waals surface area (Å²) in [5, 5.41) is 0. The molecule has 0 bridgehead atoms. The van der Waals surface area contributed by atoms with Gasteiger partial charge in [0.25, 0.3) is 0 Å². The maximum Gasteiger partial charge on any atom is 0.0438 e. The summed E-state index contributed by atoms with van der Waals surface area (Å²) < 4.78 is 0. The van der Waals surface area contributed by atoms with Crippen LogP contribution in [0.4, 0.5) is 0 Å². The molecule has 1 heterocycles.